The summed E-state index contributed by atoms with van der Waals surface area (Å²) in [6.45, 7) is 3.48. The van der Waals surface area contributed by atoms with Crippen LogP contribution in [0.2, 0.25) is 0 Å². The molecule has 0 unspecified atom stereocenters. The normalized spacial score (nSPS) is 19.2. The van der Waals surface area contributed by atoms with Crippen LogP contribution in [0.4, 0.5) is 0 Å². The number of nitrogens with zero attached hydrogens (tertiary/aromatic N) is 4. The largest absolute Gasteiger partial charge is 0.388 e. The molecule has 26 heavy (non-hydrogen) atoms. The van der Waals surface area contributed by atoms with Crippen LogP contribution in [0.1, 0.15) is 53.8 Å². The molecule has 1 fully saturated rings. The molecule has 0 bridgehead atoms. The van der Waals surface area contributed by atoms with Gasteiger partial charge in [-0.2, -0.15) is 4.98 Å². The lowest BCUT2D eigenvalue weighted by molar-refractivity contribution is -0.122. The van der Waals surface area contributed by atoms with Crippen LogP contribution in [0.5, 0.6) is 0 Å². The molecule has 1 aliphatic carbocycles. The summed E-state index contributed by atoms with van der Waals surface area (Å²) in [6.07, 6.45) is 2.55. The summed E-state index contributed by atoms with van der Waals surface area (Å²) in [6, 6.07) is 0.137. The number of carbonyl (C=O) groups excluding carboxylic acids is 1. The van der Waals surface area contributed by atoms with E-state index in [-0.39, 0.29) is 30.2 Å². The molecule has 1 amide bonds. The topological polar surface area (TPSA) is 126 Å². The van der Waals surface area contributed by atoms with E-state index in [9.17, 15) is 14.7 Å². The third kappa shape index (κ3) is 3.67. The SMILES string of the molecule is Cc1nc(=O)[nH]c(C)c1CCC(=O)NC1CC(c2nnc(CO)n2C)C1. The second kappa shape index (κ2) is 7.36. The van der Waals surface area contributed by atoms with Crippen LogP contribution in [-0.2, 0) is 24.9 Å². The maximum absolute atomic E-state index is 12.2. The molecule has 140 valence electrons. The number of H-pyrrole nitrogens is 1. The highest BCUT2D eigenvalue weighted by Crippen LogP contribution is 2.35. The lowest BCUT2D eigenvalue weighted by Crippen LogP contribution is -2.44. The molecule has 1 aliphatic rings. The molecule has 3 N–H and O–H groups in total. The number of aryl methyl sites for hydroxylation is 2. The molecule has 2 aromatic rings. The van der Waals surface area contributed by atoms with Crippen LogP contribution < -0.4 is 11.0 Å². The van der Waals surface area contributed by atoms with E-state index in [0.717, 1.165) is 29.9 Å². The Kier molecular flexibility index (Phi) is 5.17. The standard InChI is InChI=1S/C17H24N6O3/c1-9-13(10(2)19-17(26)18-9)4-5-15(25)20-12-6-11(7-12)16-22-21-14(8-24)23(16)3/h11-12,24H,4-8H2,1-3H3,(H,20,25)(H,18,19,26). The Balaban J connectivity index is 1.48. The first-order valence-electron chi connectivity index (χ1n) is 8.73. The predicted molar refractivity (Wildman–Crippen MR) is 93.5 cm³/mol. The Morgan fingerprint density at radius 3 is 2.69 bits per heavy atom. The van der Waals surface area contributed by atoms with Crippen molar-refractivity contribution in [2.75, 3.05) is 0 Å². The maximum atomic E-state index is 12.2. The van der Waals surface area contributed by atoms with Gasteiger partial charge in [0, 0.05) is 36.8 Å². The smallest absolute Gasteiger partial charge is 0.345 e. The zero-order valence-electron chi connectivity index (χ0n) is 15.2. The number of carbonyl (C=O) groups is 1. The van der Waals surface area contributed by atoms with Gasteiger partial charge in [0.1, 0.15) is 12.4 Å². The first-order valence-corrected chi connectivity index (χ1v) is 8.73. The molecule has 3 rings (SSSR count). The number of aliphatic hydroxyl groups is 1. The number of hydrogen-bond acceptors (Lipinski definition) is 6. The van der Waals surface area contributed by atoms with Crippen molar-refractivity contribution in [2.24, 2.45) is 7.05 Å². The van der Waals surface area contributed by atoms with Crippen LogP contribution in [0.3, 0.4) is 0 Å². The lowest BCUT2D eigenvalue weighted by Gasteiger charge is -2.35. The number of aromatic amines is 1. The average molecular weight is 360 g/mol. The van der Waals surface area contributed by atoms with Crippen molar-refractivity contribution < 1.29 is 9.90 Å². The van der Waals surface area contributed by atoms with Gasteiger partial charge in [-0.3, -0.25) is 4.79 Å². The molecule has 9 heteroatoms. The van der Waals surface area contributed by atoms with Gasteiger partial charge in [-0.15, -0.1) is 10.2 Å². The highest BCUT2D eigenvalue weighted by atomic mass is 16.3. The Labute approximate surface area is 150 Å². The highest BCUT2D eigenvalue weighted by molar-refractivity contribution is 5.76. The zero-order chi connectivity index (χ0) is 18.8. The van der Waals surface area contributed by atoms with Crippen molar-refractivity contribution in [3.05, 3.63) is 39.1 Å². The van der Waals surface area contributed by atoms with E-state index < -0.39 is 0 Å². The van der Waals surface area contributed by atoms with Crippen LogP contribution >= 0.6 is 0 Å². The second-order valence-electron chi connectivity index (χ2n) is 6.86. The minimum atomic E-state index is -0.359. The van der Waals surface area contributed by atoms with Crippen molar-refractivity contribution in [1.29, 1.82) is 0 Å². The fourth-order valence-corrected chi connectivity index (χ4v) is 3.48. The van der Waals surface area contributed by atoms with Gasteiger partial charge in [-0.05, 0) is 38.7 Å². The maximum Gasteiger partial charge on any atom is 0.345 e. The molecule has 2 aromatic heterocycles. The van der Waals surface area contributed by atoms with Gasteiger partial charge < -0.3 is 20.0 Å². The minimum Gasteiger partial charge on any atom is -0.388 e. The Hall–Kier alpha value is -2.55. The van der Waals surface area contributed by atoms with E-state index in [0.29, 0.717) is 24.4 Å². The van der Waals surface area contributed by atoms with Gasteiger partial charge in [0.15, 0.2) is 5.82 Å². The van der Waals surface area contributed by atoms with Crippen molar-refractivity contribution in [3.8, 4) is 0 Å². The van der Waals surface area contributed by atoms with E-state index in [1.54, 1.807) is 6.92 Å². The summed E-state index contributed by atoms with van der Waals surface area (Å²) in [7, 11) is 1.84. The third-order valence-electron chi connectivity index (χ3n) is 5.06. The van der Waals surface area contributed by atoms with Crippen LogP contribution in [0, 0.1) is 13.8 Å². The molecular formula is C17H24N6O3. The van der Waals surface area contributed by atoms with Crippen molar-refractivity contribution in [1.82, 2.24) is 30.0 Å². The Morgan fingerprint density at radius 2 is 2.08 bits per heavy atom. The average Bonchev–Trinajstić information content (AvgIpc) is 2.90. The van der Waals surface area contributed by atoms with E-state index in [1.165, 1.54) is 0 Å². The van der Waals surface area contributed by atoms with Gasteiger partial charge in [-0.1, -0.05) is 0 Å². The van der Waals surface area contributed by atoms with Gasteiger partial charge in [-0.25, -0.2) is 4.79 Å². The number of hydrogen-bond donors (Lipinski definition) is 3. The quantitative estimate of drug-likeness (QED) is 0.666. The monoisotopic (exact) mass is 360 g/mol. The van der Waals surface area contributed by atoms with Gasteiger partial charge in [0.25, 0.3) is 0 Å². The fraction of sp³-hybridized carbons (Fsp3) is 0.588. The molecule has 2 heterocycles. The van der Waals surface area contributed by atoms with Gasteiger partial charge in [0.05, 0.1) is 0 Å². The lowest BCUT2D eigenvalue weighted by atomic mass is 9.79. The zero-order valence-corrected chi connectivity index (χ0v) is 15.2. The molecule has 0 spiro atoms. The Bertz CT molecular complexity index is 840. The molecule has 0 saturated heterocycles. The van der Waals surface area contributed by atoms with Crippen LogP contribution in [0.25, 0.3) is 0 Å². The first kappa shape index (κ1) is 18.2. The summed E-state index contributed by atoms with van der Waals surface area (Å²) < 4.78 is 1.82. The number of aromatic nitrogens is 5. The summed E-state index contributed by atoms with van der Waals surface area (Å²) in [5.41, 5.74) is 1.99. The van der Waals surface area contributed by atoms with E-state index in [1.807, 2.05) is 18.5 Å². The predicted octanol–water partition coefficient (Wildman–Crippen LogP) is 0.00254. The van der Waals surface area contributed by atoms with Gasteiger partial charge in [0.2, 0.25) is 5.91 Å². The van der Waals surface area contributed by atoms with E-state index >= 15 is 0 Å². The number of amides is 1. The minimum absolute atomic E-state index is 0.00698. The number of aliphatic hydroxyl groups excluding tert-OH is 1. The first-order chi connectivity index (χ1) is 12.4. The highest BCUT2D eigenvalue weighted by Gasteiger charge is 2.34. The van der Waals surface area contributed by atoms with E-state index in [2.05, 4.69) is 25.5 Å². The molecule has 0 atom stereocenters. The van der Waals surface area contributed by atoms with Crippen molar-refractivity contribution >= 4 is 5.91 Å². The summed E-state index contributed by atoms with van der Waals surface area (Å²) in [4.78, 5) is 30.1. The van der Waals surface area contributed by atoms with E-state index in [4.69, 9.17) is 0 Å². The Morgan fingerprint density at radius 1 is 1.35 bits per heavy atom. The molecule has 0 radical (unpaired) electrons. The molecule has 9 nitrogen and oxygen atoms in total. The number of rotatable bonds is 6. The molecule has 1 saturated carbocycles. The summed E-state index contributed by atoms with van der Waals surface area (Å²) in [5, 5.41) is 20.3. The summed E-state index contributed by atoms with van der Waals surface area (Å²) in [5.74, 6) is 1.65. The molecular weight excluding hydrogens is 336 g/mol. The second-order valence-corrected chi connectivity index (χ2v) is 6.86. The third-order valence-corrected chi connectivity index (χ3v) is 5.06. The summed E-state index contributed by atoms with van der Waals surface area (Å²) >= 11 is 0. The fourth-order valence-electron chi connectivity index (χ4n) is 3.48. The number of nitrogens with one attached hydrogen (secondary N) is 2. The van der Waals surface area contributed by atoms with Crippen molar-refractivity contribution in [2.45, 2.75) is 58.1 Å². The van der Waals surface area contributed by atoms with Gasteiger partial charge >= 0.3 is 5.69 Å². The van der Waals surface area contributed by atoms with Crippen LogP contribution in [0.15, 0.2) is 4.79 Å². The molecule has 0 aromatic carbocycles. The molecule has 0 aliphatic heterocycles. The van der Waals surface area contributed by atoms with Crippen molar-refractivity contribution in [3.63, 3.8) is 0 Å². The van der Waals surface area contributed by atoms with Crippen LogP contribution in [-0.4, -0.2) is 41.8 Å².